The van der Waals surface area contributed by atoms with Crippen molar-refractivity contribution in [2.75, 3.05) is 18.1 Å². The number of benzene rings is 1. The van der Waals surface area contributed by atoms with Gasteiger partial charge in [-0.3, -0.25) is 0 Å². The number of aryl methyl sites for hydroxylation is 1. The minimum absolute atomic E-state index is 0.0154. The number of nitrogens with two attached hydrogens (primary N) is 1. The van der Waals surface area contributed by atoms with Gasteiger partial charge < -0.3 is 5.73 Å². The molecule has 2 rings (SSSR count). The minimum atomic E-state index is -3.53. The van der Waals surface area contributed by atoms with Gasteiger partial charge in [-0.2, -0.15) is 11.8 Å². The van der Waals surface area contributed by atoms with E-state index in [1.165, 1.54) is 0 Å². The number of hydrogen-bond donors (Lipinski definition) is 2. The van der Waals surface area contributed by atoms with Gasteiger partial charge >= 0.3 is 0 Å². The Morgan fingerprint density at radius 3 is 2.95 bits per heavy atom. The third-order valence-electron chi connectivity index (χ3n) is 3.00. The second-order valence-corrected chi connectivity index (χ2v) is 7.52. The lowest BCUT2D eigenvalue weighted by atomic mass is 10.1. The Kier molecular flexibility index (Phi) is 5.11. The summed E-state index contributed by atoms with van der Waals surface area (Å²) in [7, 11) is -3.53. The lowest BCUT2D eigenvalue weighted by molar-refractivity contribution is 0.563. The van der Waals surface area contributed by atoms with E-state index in [4.69, 9.17) is 5.73 Å². The second-order valence-electron chi connectivity index (χ2n) is 4.69. The molecule has 1 aromatic rings. The number of thioether (sulfide) groups is 1. The Labute approximate surface area is 124 Å². The van der Waals surface area contributed by atoms with Crippen LogP contribution in [0.2, 0.25) is 0 Å². The van der Waals surface area contributed by atoms with Crippen molar-refractivity contribution in [1.29, 1.82) is 0 Å². The summed E-state index contributed by atoms with van der Waals surface area (Å²) >= 11 is 1.77. The molecule has 0 saturated carbocycles. The average Bonchev–Trinajstić information content (AvgIpc) is 2.88. The molecule has 0 amide bonds. The minimum Gasteiger partial charge on any atom is -0.320 e. The summed E-state index contributed by atoms with van der Waals surface area (Å²) in [6.07, 6.45) is 0.875. The molecular formula is C14H18N2O2S2. The van der Waals surface area contributed by atoms with Gasteiger partial charge in [0.25, 0.3) is 0 Å². The van der Waals surface area contributed by atoms with Gasteiger partial charge in [0.05, 0.1) is 11.4 Å². The monoisotopic (exact) mass is 310 g/mol. The maximum Gasteiger partial charge on any atom is 0.242 e. The van der Waals surface area contributed by atoms with Crippen molar-refractivity contribution in [1.82, 2.24) is 4.72 Å². The molecule has 1 aromatic carbocycles. The molecule has 6 heteroatoms. The molecule has 3 N–H and O–H groups in total. The van der Waals surface area contributed by atoms with Crippen molar-refractivity contribution in [3.05, 3.63) is 29.3 Å². The lowest BCUT2D eigenvalue weighted by Gasteiger charge is -2.13. The summed E-state index contributed by atoms with van der Waals surface area (Å²) in [4.78, 5) is 0.237. The maximum atomic E-state index is 12.5. The molecule has 20 heavy (non-hydrogen) atoms. The van der Waals surface area contributed by atoms with Gasteiger partial charge in [-0.15, -0.1) is 0 Å². The van der Waals surface area contributed by atoms with Crippen molar-refractivity contribution in [2.45, 2.75) is 24.3 Å². The normalized spacial score (nSPS) is 18.6. The Bertz CT molecular complexity index is 639. The topological polar surface area (TPSA) is 72.2 Å². The van der Waals surface area contributed by atoms with Gasteiger partial charge in [0.2, 0.25) is 10.0 Å². The fourth-order valence-corrected chi connectivity index (χ4v) is 4.70. The predicted octanol–water partition coefficient (Wildman–Crippen LogP) is 1.09. The highest BCUT2D eigenvalue weighted by molar-refractivity contribution is 7.99. The van der Waals surface area contributed by atoms with E-state index in [9.17, 15) is 8.42 Å². The summed E-state index contributed by atoms with van der Waals surface area (Å²) in [5.74, 6) is 7.39. The van der Waals surface area contributed by atoms with Crippen LogP contribution in [-0.2, 0) is 10.0 Å². The van der Waals surface area contributed by atoms with Crippen molar-refractivity contribution >= 4 is 21.8 Å². The summed E-state index contributed by atoms with van der Waals surface area (Å²) < 4.78 is 27.7. The van der Waals surface area contributed by atoms with Crippen LogP contribution >= 0.6 is 11.8 Å². The number of rotatable bonds is 3. The summed E-state index contributed by atoms with van der Waals surface area (Å²) in [6.45, 7) is 2.12. The fraction of sp³-hybridized carbons (Fsp3) is 0.429. The third-order valence-corrected chi connectivity index (χ3v) is 5.74. The van der Waals surface area contributed by atoms with Crippen LogP contribution in [0, 0.1) is 18.8 Å². The molecule has 0 radical (unpaired) electrons. The molecule has 1 heterocycles. The number of nitrogens with one attached hydrogen (secondary N) is 1. The molecule has 0 bridgehead atoms. The van der Waals surface area contributed by atoms with Crippen LogP contribution in [0.25, 0.3) is 0 Å². The van der Waals surface area contributed by atoms with Crippen LogP contribution in [0.3, 0.4) is 0 Å². The largest absolute Gasteiger partial charge is 0.320 e. The maximum absolute atomic E-state index is 12.5. The van der Waals surface area contributed by atoms with E-state index in [1.54, 1.807) is 30.0 Å². The smallest absolute Gasteiger partial charge is 0.242 e. The summed E-state index contributed by atoms with van der Waals surface area (Å²) in [6, 6.07) is 5.19. The molecule has 0 spiro atoms. The summed E-state index contributed by atoms with van der Waals surface area (Å²) in [5, 5.41) is 0. The Morgan fingerprint density at radius 1 is 1.50 bits per heavy atom. The summed E-state index contributed by atoms with van der Waals surface area (Å²) in [5.41, 5.74) is 6.85. The first kappa shape index (κ1) is 15.4. The Morgan fingerprint density at radius 2 is 2.30 bits per heavy atom. The SMILES string of the molecule is Cc1ccc(S(=O)(=O)NC2CCSC2)c(C#CCN)c1. The van der Waals surface area contributed by atoms with E-state index in [0.29, 0.717) is 5.56 Å². The molecular weight excluding hydrogens is 292 g/mol. The molecule has 1 fully saturated rings. The molecule has 1 unspecified atom stereocenters. The highest BCUT2D eigenvalue weighted by atomic mass is 32.2. The van der Waals surface area contributed by atoms with E-state index in [1.807, 2.05) is 6.92 Å². The van der Waals surface area contributed by atoms with Gasteiger partial charge in [0.1, 0.15) is 0 Å². The van der Waals surface area contributed by atoms with Crippen LogP contribution in [0.4, 0.5) is 0 Å². The van der Waals surface area contributed by atoms with E-state index >= 15 is 0 Å². The van der Waals surface area contributed by atoms with Gasteiger partial charge in [-0.05, 0) is 36.8 Å². The van der Waals surface area contributed by atoms with E-state index in [2.05, 4.69) is 16.6 Å². The van der Waals surface area contributed by atoms with Crippen LogP contribution in [-0.4, -0.2) is 32.5 Å². The zero-order valence-corrected chi connectivity index (χ0v) is 13.0. The highest BCUT2D eigenvalue weighted by Gasteiger charge is 2.24. The Hall–Kier alpha value is -1.00. The molecule has 0 aromatic heterocycles. The standard InChI is InChI=1S/C14H18N2O2S2/c1-11-4-5-14(12(9-11)3-2-7-15)20(17,18)16-13-6-8-19-10-13/h4-5,9,13,16H,6-8,10,15H2,1H3. The zero-order valence-electron chi connectivity index (χ0n) is 11.3. The third kappa shape index (κ3) is 3.76. The number of sulfonamides is 1. The quantitative estimate of drug-likeness (QED) is 0.820. The molecule has 1 aliphatic heterocycles. The first-order valence-electron chi connectivity index (χ1n) is 6.42. The lowest BCUT2D eigenvalue weighted by Crippen LogP contribution is -2.35. The van der Waals surface area contributed by atoms with Crippen LogP contribution in [0.1, 0.15) is 17.5 Å². The molecule has 1 aliphatic rings. The molecule has 1 saturated heterocycles. The Balaban J connectivity index is 2.34. The van der Waals surface area contributed by atoms with Crippen molar-refractivity contribution in [3.63, 3.8) is 0 Å². The highest BCUT2D eigenvalue weighted by Crippen LogP contribution is 2.21. The molecule has 0 aliphatic carbocycles. The first-order chi connectivity index (χ1) is 9.53. The van der Waals surface area contributed by atoms with Crippen molar-refractivity contribution in [3.8, 4) is 11.8 Å². The predicted molar refractivity (Wildman–Crippen MR) is 83.2 cm³/mol. The van der Waals surface area contributed by atoms with Crippen LogP contribution in [0.5, 0.6) is 0 Å². The van der Waals surface area contributed by atoms with Crippen LogP contribution < -0.4 is 10.5 Å². The van der Waals surface area contributed by atoms with Crippen LogP contribution in [0.15, 0.2) is 23.1 Å². The van der Waals surface area contributed by atoms with Crippen molar-refractivity contribution in [2.24, 2.45) is 5.73 Å². The van der Waals surface area contributed by atoms with Gasteiger partial charge in [-0.1, -0.05) is 17.9 Å². The van der Waals surface area contributed by atoms with E-state index < -0.39 is 10.0 Å². The average molecular weight is 310 g/mol. The van der Waals surface area contributed by atoms with E-state index in [-0.39, 0.29) is 17.5 Å². The second kappa shape index (κ2) is 6.64. The van der Waals surface area contributed by atoms with E-state index in [0.717, 1.165) is 23.5 Å². The molecule has 4 nitrogen and oxygen atoms in total. The number of hydrogen-bond acceptors (Lipinski definition) is 4. The van der Waals surface area contributed by atoms with Gasteiger partial charge in [0.15, 0.2) is 0 Å². The van der Waals surface area contributed by atoms with Gasteiger partial charge in [0, 0.05) is 17.4 Å². The van der Waals surface area contributed by atoms with Gasteiger partial charge in [-0.25, -0.2) is 13.1 Å². The fourth-order valence-electron chi connectivity index (χ4n) is 2.03. The van der Waals surface area contributed by atoms with Crippen molar-refractivity contribution < 1.29 is 8.42 Å². The first-order valence-corrected chi connectivity index (χ1v) is 9.06. The molecule has 108 valence electrons. The molecule has 1 atom stereocenters. The zero-order chi connectivity index (χ0) is 14.6.